The molecule has 1 aromatic carbocycles. The van der Waals surface area contributed by atoms with Crippen molar-refractivity contribution >= 4 is 6.21 Å². The van der Waals surface area contributed by atoms with Crippen LogP contribution in [0.25, 0.3) is 0 Å². The average Bonchev–Trinajstić information content (AvgIpc) is 3.18. The topological polar surface area (TPSA) is 33.6 Å². The van der Waals surface area contributed by atoms with Crippen molar-refractivity contribution in [1.29, 1.82) is 0 Å². The Morgan fingerprint density at radius 2 is 2.00 bits per heavy atom. The van der Waals surface area contributed by atoms with Crippen LogP contribution in [0.4, 0.5) is 0 Å². The van der Waals surface area contributed by atoms with Crippen molar-refractivity contribution in [2.24, 2.45) is 22.7 Å². The van der Waals surface area contributed by atoms with E-state index >= 15 is 0 Å². The minimum Gasteiger partial charge on any atom is -0.374 e. The van der Waals surface area contributed by atoms with Gasteiger partial charge in [-0.05, 0) is 44.6 Å². The molecular formula is C26H36N2O. The summed E-state index contributed by atoms with van der Waals surface area (Å²) in [7, 11) is 0. The molecule has 0 radical (unpaired) electrons. The highest BCUT2D eigenvalue weighted by molar-refractivity contribution is 5.63. The lowest BCUT2D eigenvalue weighted by atomic mass is 9.73. The second kappa shape index (κ2) is 8.73. The molecule has 1 saturated heterocycles. The summed E-state index contributed by atoms with van der Waals surface area (Å²) < 4.78 is 6.71. The molecule has 156 valence electrons. The molecule has 1 aromatic rings. The Kier molecular flexibility index (Phi) is 5.87. The van der Waals surface area contributed by atoms with Crippen molar-refractivity contribution < 1.29 is 4.74 Å². The Bertz CT molecular complexity index is 751. The van der Waals surface area contributed by atoms with E-state index in [0.29, 0.717) is 42.0 Å². The third kappa shape index (κ3) is 4.22. The van der Waals surface area contributed by atoms with Gasteiger partial charge in [-0.15, -0.1) is 0 Å². The van der Waals surface area contributed by atoms with E-state index in [-0.39, 0.29) is 0 Å². The lowest BCUT2D eigenvalue weighted by Crippen LogP contribution is -2.40. The number of hydrogen-bond acceptors (Lipinski definition) is 3. The Balaban J connectivity index is 1.31. The van der Waals surface area contributed by atoms with Crippen LogP contribution in [0.1, 0.15) is 68.4 Å². The SMILES string of the molecule is Cc1cccc(C2CNC3N=CC(C4C=CCCC4OC4CCCCC4)CC32)c1. The highest BCUT2D eigenvalue weighted by atomic mass is 16.5. The number of nitrogens with zero attached hydrogens (tertiary/aromatic N) is 1. The van der Waals surface area contributed by atoms with Crippen LogP contribution in [0.15, 0.2) is 41.4 Å². The molecule has 2 heterocycles. The van der Waals surface area contributed by atoms with Crippen molar-refractivity contribution in [3.05, 3.63) is 47.5 Å². The number of hydrogen-bond donors (Lipinski definition) is 1. The van der Waals surface area contributed by atoms with E-state index in [2.05, 4.69) is 54.9 Å². The highest BCUT2D eigenvalue weighted by Crippen LogP contribution is 2.42. The number of benzene rings is 1. The van der Waals surface area contributed by atoms with Gasteiger partial charge in [0.25, 0.3) is 0 Å². The Hall–Kier alpha value is -1.45. The summed E-state index contributed by atoms with van der Waals surface area (Å²) in [5.41, 5.74) is 2.84. The molecule has 1 N–H and O–H groups in total. The normalized spacial score (nSPS) is 37.6. The fourth-order valence-corrected chi connectivity index (χ4v) is 6.18. The molecule has 5 rings (SSSR count). The van der Waals surface area contributed by atoms with Gasteiger partial charge in [-0.25, -0.2) is 0 Å². The summed E-state index contributed by atoms with van der Waals surface area (Å²) in [5, 5.41) is 3.68. The molecular weight excluding hydrogens is 356 g/mol. The van der Waals surface area contributed by atoms with E-state index in [1.165, 1.54) is 56.1 Å². The maximum Gasteiger partial charge on any atom is 0.103 e. The molecule has 29 heavy (non-hydrogen) atoms. The van der Waals surface area contributed by atoms with Crippen LogP contribution in [0.5, 0.6) is 0 Å². The summed E-state index contributed by atoms with van der Waals surface area (Å²) >= 11 is 0. The van der Waals surface area contributed by atoms with Gasteiger partial charge in [-0.2, -0.15) is 0 Å². The molecule has 6 unspecified atom stereocenters. The molecule has 0 bridgehead atoms. The lowest BCUT2D eigenvalue weighted by molar-refractivity contribution is -0.0610. The van der Waals surface area contributed by atoms with Crippen LogP contribution in [-0.2, 0) is 4.74 Å². The fraction of sp³-hybridized carbons (Fsp3) is 0.654. The molecule has 1 saturated carbocycles. The minimum absolute atomic E-state index is 0.294. The number of aryl methyl sites for hydroxylation is 1. The van der Waals surface area contributed by atoms with Gasteiger partial charge in [0.1, 0.15) is 6.17 Å². The molecule has 2 fully saturated rings. The molecule has 0 amide bonds. The van der Waals surface area contributed by atoms with Gasteiger partial charge < -0.3 is 4.74 Å². The van der Waals surface area contributed by atoms with Crippen molar-refractivity contribution in [2.45, 2.75) is 82.6 Å². The van der Waals surface area contributed by atoms with Crippen molar-refractivity contribution in [1.82, 2.24) is 5.32 Å². The summed E-state index contributed by atoms with van der Waals surface area (Å²) in [5.74, 6) is 2.17. The Labute approximate surface area is 176 Å². The van der Waals surface area contributed by atoms with Crippen molar-refractivity contribution in [3.8, 4) is 0 Å². The Morgan fingerprint density at radius 1 is 1.10 bits per heavy atom. The van der Waals surface area contributed by atoms with Gasteiger partial charge in [0, 0.05) is 36.4 Å². The Morgan fingerprint density at radius 3 is 2.86 bits per heavy atom. The summed E-state index contributed by atoms with van der Waals surface area (Å²) in [4.78, 5) is 5.00. The first kappa shape index (κ1) is 19.5. The van der Waals surface area contributed by atoms with Gasteiger partial charge in [0.15, 0.2) is 0 Å². The van der Waals surface area contributed by atoms with E-state index in [1.807, 2.05) is 0 Å². The first-order chi connectivity index (χ1) is 14.3. The second-order valence-corrected chi connectivity index (χ2v) is 9.75. The fourth-order valence-electron chi connectivity index (χ4n) is 6.18. The van der Waals surface area contributed by atoms with Crippen LogP contribution in [0, 0.1) is 24.7 Å². The van der Waals surface area contributed by atoms with Crippen LogP contribution in [0.2, 0.25) is 0 Å². The molecule has 0 aromatic heterocycles. The van der Waals surface area contributed by atoms with Crippen LogP contribution >= 0.6 is 0 Å². The van der Waals surface area contributed by atoms with E-state index in [0.717, 1.165) is 13.0 Å². The number of rotatable bonds is 4. The number of aliphatic imine (C=N–C) groups is 1. The smallest absolute Gasteiger partial charge is 0.103 e. The van der Waals surface area contributed by atoms with Crippen molar-refractivity contribution in [2.75, 3.05) is 6.54 Å². The van der Waals surface area contributed by atoms with Crippen molar-refractivity contribution in [3.63, 3.8) is 0 Å². The maximum atomic E-state index is 6.71. The van der Waals surface area contributed by atoms with E-state index < -0.39 is 0 Å². The molecule has 6 atom stereocenters. The maximum absolute atomic E-state index is 6.71. The van der Waals surface area contributed by atoms with Crippen LogP contribution < -0.4 is 5.32 Å². The zero-order chi connectivity index (χ0) is 19.6. The predicted molar refractivity (Wildman–Crippen MR) is 119 cm³/mol. The summed E-state index contributed by atoms with van der Waals surface area (Å²) in [6, 6.07) is 9.09. The van der Waals surface area contributed by atoms with Crippen LogP contribution in [0.3, 0.4) is 0 Å². The zero-order valence-electron chi connectivity index (χ0n) is 17.8. The first-order valence-corrected chi connectivity index (χ1v) is 11.9. The van der Waals surface area contributed by atoms with Gasteiger partial charge >= 0.3 is 0 Å². The van der Waals surface area contributed by atoms with Gasteiger partial charge in [-0.3, -0.25) is 10.3 Å². The third-order valence-electron chi connectivity index (χ3n) is 7.74. The van der Waals surface area contributed by atoms with Gasteiger partial charge in [0.2, 0.25) is 0 Å². The van der Waals surface area contributed by atoms with Gasteiger partial charge in [-0.1, -0.05) is 61.2 Å². The van der Waals surface area contributed by atoms with E-state index in [9.17, 15) is 0 Å². The summed E-state index contributed by atoms with van der Waals surface area (Å²) in [6.07, 6.45) is 18.4. The molecule has 2 aliphatic carbocycles. The van der Waals surface area contributed by atoms with E-state index in [1.54, 1.807) is 0 Å². The molecule has 4 aliphatic rings. The molecule has 3 nitrogen and oxygen atoms in total. The number of ether oxygens (including phenoxy) is 1. The molecule has 2 aliphatic heterocycles. The quantitative estimate of drug-likeness (QED) is 0.696. The monoisotopic (exact) mass is 392 g/mol. The predicted octanol–water partition coefficient (Wildman–Crippen LogP) is 5.40. The van der Waals surface area contributed by atoms with Crippen LogP contribution in [-0.4, -0.2) is 31.1 Å². The number of fused-ring (bicyclic) bond motifs is 1. The first-order valence-electron chi connectivity index (χ1n) is 11.9. The largest absolute Gasteiger partial charge is 0.374 e. The average molecular weight is 393 g/mol. The third-order valence-corrected chi connectivity index (χ3v) is 7.74. The summed E-state index contributed by atoms with van der Waals surface area (Å²) in [6.45, 7) is 3.25. The number of allylic oxidation sites excluding steroid dienone is 1. The highest BCUT2D eigenvalue weighted by Gasteiger charge is 2.42. The number of nitrogens with one attached hydrogen (secondary N) is 1. The second-order valence-electron chi connectivity index (χ2n) is 9.75. The van der Waals surface area contributed by atoms with E-state index in [4.69, 9.17) is 9.73 Å². The minimum atomic E-state index is 0.294. The van der Waals surface area contributed by atoms with Gasteiger partial charge in [0.05, 0.1) is 12.2 Å². The molecule has 3 heteroatoms. The lowest BCUT2D eigenvalue weighted by Gasteiger charge is -2.39. The standard InChI is InChI=1S/C26H36N2O/c1-18-8-7-9-19(14-18)24-17-28-26-23(24)15-20(16-27-26)22-12-5-6-13-25(22)29-21-10-3-2-4-11-21/h5,7-9,12,14,16,20-26,28H,2-4,6,10-11,13,15,17H2,1H3. The zero-order valence-corrected chi connectivity index (χ0v) is 17.8. The molecule has 0 spiro atoms.